The van der Waals surface area contributed by atoms with E-state index in [4.69, 9.17) is 4.74 Å². The SMILES string of the molecule is C[C@@H]1[C@@H](c2ccccc2)c2c(ccc3ccccc23)O[C@@H]1N[C@H](C)c1ccccc1. The Labute approximate surface area is 178 Å². The molecule has 4 aromatic rings. The molecule has 5 rings (SSSR count). The summed E-state index contributed by atoms with van der Waals surface area (Å²) in [5.74, 6) is 1.52. The van der Waals surface area contributed by atoms with Gasteiger partial charge in [0, 0.05) is 23.4 Å². The fourth-order valence-electron chi connectivity index (χ4n) is 4.78. The van der Waals surface area contributed by atoms with Gasteiger partial charge in [0.1, 0.15) is 5.75 Å². The van der Waals surface area contributed by atoms with E-state index in [0.717, 1.165) is 5.75 Å². The van der Waals surface area contributed by atoms with E-state index < -0.39 is 0 Å². The van der Waals surface area contributed by atoms with Crippen LogP contribution in [0.25, 0.3) is 10.8 Å². The van der Waals surface area contributed by atoms with Gasteiger partial charge in [-0.15, -0.1) is 0 Å². The largest absolute Gasteiger partial charge is 0.475 e. The summed E-state index contributed by atoms with van der Waals surface area (Å²) in [6.07, 6.45) is -0.0703. The molecule has 0 aliphatic carbocycles. The Morgan fingerprint density at radius 2 is 1.43 bits per heavy atom. The van der Waals surface area contributed by atoms with Gasteiger partial charge in [-0.05, 0) is 34.9 Å². The zero-order valence-corrected chi connectivity index (χ0v) is 17.5. The van der Waals surface area contributed by atoms with E-state index in [0.29, 0.717) is 0 Å². The summed E-state index contributed by atoms with van der Waals surface area (Å²) in [5, 5.41) is 6.30. The lowest BCUT2D eigenvalue weighted by molar-refractivity contribution is 0.0705. The van der Waals surface area contributed by atoms with E-state index in [1.807, 2.05) is 0 Å². The number of fused-ring (bicyclic) bond motifs is 3. The second-order valence-corrected chi connectivity index (χ2v) is 8.28. The predicted octanol–water partition coefficient (Wildman–Crippen LogP) is 6.68. The van der Waals surface area contributed by atoms with Crippen LogP contribution in [0.1, 0.15) is 42.5 Å². The van der Waals surface area contributed by atoms with Gasteiger partial charge in [-0.2, -0.15) is 0 Å². The van der Waals surface area contributed by atoms with Crippen LogP contribution in [0.4, 0.5) is 0 Å². The van der Waals surface area contributed by atoms with Crippen molar-refractivity contribution in [2.24, 2.45) is 5.92 Å². The van der Waals surface area contributed by atoms with Gasteiger partial charge in [0.25, 0.3) is 0 Å². The molecule has 2 heteroatoms. The van der Waals surface area contributed by atoms with E-state index in [9.17, 15) is 0 Å². The minimum Gasteiger partial charge on any atom is -0.475 e. The molecule has 0 saturated carbocycles. The molecular weight excluding hydrogens is 366 g/mol. The van der Waals surface area contributed by atoms with Crippen molar-refractivity contribution in [3.63, 3.8) is 0 Å². The van der Waals surface area contributed by atoms with E-state index in [1.165, 1.54) is 27.5 Å². The van der Waals surface area contributed by atoms with Gasteiger partial charge in [-0.1, -0.05) is 97.9 Å². The molecule has 150 valence electrons. The smallest absolute Gasteiger partial charge is 0.154 e. The molecule has 0 amide bonds. The molecule has 0 bridgehead atoms. The van der Waals surface area contributed by atoms with Gasteiger partial charge >= 0.3 is 0 Å². The highest BCUT2D eigenvalue weighted by Gasteiger charge is 2.38. The van der Waals surface area contributed by atoms with Crippen LogP contribution >= 0.6 is 0 Å². The summed E-state index contributed by atoms with van der Waals surface area (Å²) in [6.45, 7) is 4.51. The van der Waals surface area contributed by atoms with Crippen molar-refractivity contribution in [1.29, 1.82) is 0 Å². The molecule has 1 heterocycles. The summed E-state index contributed by atoms with van der Waals surface area (Å²) in [5.41, 5.74) is 3.91. The Bertz CT molecular complexity index is 1140. The summed E-state index contributed by atoms with van der Waals surface area (Å²) in [7, 11) is 0. The molecule has 0 radical (unpaired) electrons. The molecule has 1 N–H and O–H groups in total. The first-order valence-electron chi connectivity index (χ1n) is 10.8. The molecule has 0 spiro atoms. The molecule has 4 aromatic carbocycles. The summed E-state index contributed by atoms with van der Waals surface area (Å²) in [6, 6.07) is 34.6. The summed E-state index contributed by atoms with van der Waals surface area (Å²) < 4.78 is 6.59. The normalized spacial score (nSPS) is 21.6. The number of hydrogen-bond donors (Lipinski definition) is 1. The molecule has 4 atom stereocenters. The van der Waals surface area contributed by atoms with Crippen molar-refractivity contribution in [2.75, 3.05) is 0 Å². The van der Waals surface area contributed by atoms with Crippen molar-refractivity contribution in [2.45, 2.75) is 32.0 Å². The lowest BCUT2D eigenvalue weighted by Gasteiger charge is -2.40. The first-order valence-corrected chi connectivity index (χ1v) is 10.8. The molecule has 0 aromatic heterocycles. The molecule has 1 aliphatic heterocycles. The number of ether oxygens (including phenoxy) is 1. The first kappa shape index (κ1) is 18.9. The number of rotatable bonds is 4. The molecule has 0 saturated heterocycles. The van der Waals surface area contributed by atoms with Crippen LogP contribution in [0.15, 0.2) is 97.1 Å². The van der Waals surface area contributed by atoms with Gasteiger partial charge in [-0.25, -0.2) is 0 Å². The van der Waals surface area contributed by atoms with Crippen LogP contribution in [0.2, 0.25) is 0 Å². The highest BCUT2D eigenvalue weighted by Crippen LogP contribution is 2.47. The fraction of sp³-hybridized carbons (Fsp3) is 0.214. The third-order valence-corrected chi connectivity index (χ3v) is 6.37. The van der Waals surface area contributed by atoms with E-state index >= 15 is 0 Å². The third-order valence-electron chi connectivity index (χ3n) is 6.37. The maximum absolute atomic E-state index is 6.59. The van der Waals surface area contributed by atoms with Crippen molar-refractivity contribution < 1.29 is 4.74 Å². The number of hydrogen-bond acceptors (Lipinski definition) is 2. The van der Waals surface area contributed by atoms with Crippen molar-refractivity contribution in [3.8, 4) is 5.75 Å². The minimum atomic E-state index is -0.0703. The van der Waals surface area contributed by atoms with Crippen molar-refractivity contribution >= 4 is 10.8 Å². The average molecular weight is 394 g/mol. The van der Waals surface area contributed by atoms with Crippen LogP contribution in [0, 0.1) is 5.92 Å². The van der Waals surface area contributed by atoms with Gasteiger partial charge in [-0.3, -0.25) is 5.32 Å². The first-order chi connectivity index (χ1) is 14.7. The van der Waals surface area contributed by atoms with Gasteiger partial charge in [0.05, 0.1) is 0 Å². The lowest BCUT2D eigenvalue weighted by atomic mass is 9.76. The zero-order chi connectivity index (χ0) is 20.5. The predicted molar refractivity (Wildman–Crippen MR) is 124 cm³/mol. The van der Waals surface area contributed by atoms with Crippen LogP contribution in [0.3, 0.4) is 0 Å². The Morgan fingerprint density at radius 3 is 2.20 bits per heavy atom. The molecule has 0 fully saturated rings. The van der Waals surface area contributed by atoms with Gasteiger partial charge in [0.15, 0.2) is 6.23 Å². The maximum Gasteiger partial charge on any atom is 0.154 e. The molecule has 2 nitrogen and oxygen atoms in total. The van der Waals surface area contributed by atoms with Crippen LogP contribution < -0.4 is 10.1 Å². The van der Waals surface area contributed by atoms with Gasteiger partial charge in [0.2, 0.25) is 0 Å². The fourth-order valence-corrected chi connectivity index (χ4v) is 4.78. The van der Waals surface area contributed by atoms with Gasteiger partial charge < -0.3 is 4.74 Å². The highest BCUT2D eigenvalue weighted by atomic mass is 16.5. The second-order valence-electron chi connectivity index (χ2n) is 8.28. The Hall–Kier alpha value is -3.10. The summed E-state index contributed by atoms with van der Waals surface area (Å²) in [4.78, 5) is 0. The maximum atomic E-state index is 6.59. The lowest BCUT2D eigenvalue weighted by Crippen LogP contribution is -2.46. The van der Waals surface area contributed by atoms with E-state index in [2.05, 4.69) is 116 Å². The zero-order valence-electron chi connectivity index (χ0n) is 17.5. The monoisotopic (exact) mass is 393 g/mol. The van der Waals surface area contributed by atoms with E-state index in [-0.39, 0.29) is 24.1 Å². The van der Waals surface area contributed by atoms with E-state index in [1.54, 1.807) is 0 Å². The van der Waals surface area contributed by atoms with Crippen LogP contribution in [-0.2, 0) is 0 Å². The number of benzene rings is 4. The van der Waals surface area contributed by atoms with Crippen molar-refractivity contribution in [3.05, 3.63) is 114 Å². The average Bonchev–Trinajstić information content (AvgIpc) is 2.80. The Balaban J connectivity index is 1.59. The third kappa shape index (κ3) is 3.38. The molecular formula is C28H27NO. The number of nitrogens with one attached hydrogen (secondary N) is 1. The summed E-state index contributed by atoms with van der Waals surface area (Å²) >= 11 is 0. The molecule has 1 aliphatic rings. The molecule has 0 unspecified atom stereocenters. The Kier molecular flexibility index (Phi) is 5.02. The molecule has 30 heavy (non-hydrogen) atoms. The highest BCUT2D eigenvalue weighted by molar-refractivity contribution is 5.89. The van der Waals surface area contributed by atoms with Crippen LogP contribution in [-0.4, -0.2) is 6.23 Å². The topological polar surface area (TPSA) is 21.3 Å². The second kappa shape index (κ2) is 7.97. The quantitative estimate of drug-likeness (QED) is 0.418. The van der Waals surface area contributed by atoms with Crippen LogP contribution in [0.5, 0.6) is 5.75 Å². The standard InChI is InChI=1S/C28H27NO/c1-19-26(23-14-7-4-8-15-23)27-24-16-10-9-13-22(24)17-18-25(27)30-28(19)29-20(2)21-11-5-3-6-12-21/h3-20,26,28-29H,1-2H3/t19-,20-,26+,28+/m1/s1. The Morgan fingerprint density at radius 1 is 0.767 bits per heavy atom. The minimum absolute atomic E-state index is 0.0703. The van der Waals surface area contributed by atoms with Crippen molar-refractivity contribution in [1.82, 2.24) is 5.32 Å².